The molecule has 1 N–H and O–H groups in total. The average molecular weight is 322 g/mol. The van der Waals surface area contributed by atoms with Crippen LogP contribution in [-0.2, 0) is 14.6 Å². The van der Waals surface area contributed by atoms with Gasteiger partial charge in [0.05, 0.1) is 6.61 Å². The van der Waals surface area contributed by atoms with Crippen LogP contribution in [0.2, 0.25) is 0 Å². The van der Waals surface area contributed by atoms with Gasteiger partial charge >= 0.3 is 0 Å². The van der Waals surface area contributed by atoms with E-state index in [-0.39, 0.29) is 5.37 Å². The van der Waals surface area contributed by atoms with Crippen molar-refractivity contribution in [1.29, 1.82) is 0 Å². The van der Waals surface area contributed by atoms with Crippen molar-refractivity contribution in [2.24, 2.45) is 5.92 Å². The van der Waals surface area contributed by atoms with E-state index in [9.17, 15) is 8.42 Å². The number of hydrogen-bond acceptors (Lipinski definition) is 6. The third-order valence-corrected chi connectivity index (χ3v) is 6.78. The third kappa shape index (κ3) is 4.34. The topological polar surface area (TPSA) is 58.6 Å². The lowest BCUT2D eigenvalue weighted by atomic mass is 9.95. The van der Waals surface area contributed by atoms with Crippen LogP contribution >= 0.6 is 11.8 Å². The van der Waals surface area contributed by atoms with Gasteiger partial charge in [0.15, 0.2) is 9.84 Å². The van der Waals surface area contributed by atoms with Crippen molar-refractivity contribution >= 4 is 21.6 Å². The molecule has 0 amide bonds. The van der Waals surface area contributed by atoms with Crippen LogP contribution in [0.1, 0.15) is 13.3 Å². The van der Waals surface area contributed by atoms with Crippen LogP contribution < -0.4 is 5.32 Å². The first-order valence-corrected chi connectivity index (χ1v) is 10.4. The number of thioether (sulfide) groups is 1. The first-order chi connectivity index (χ1) is 9.52. The summed E-state index contributed by atoms with van der Waals surface area (Å²) >= 11 is 1.74. The molecule has 2 heterocycles. The van der Waals surface area contributed by atoms with Gasteiger partial charge in [-0.1, -0.05) is 6.92 Å². The summed E-state index contributed by atoms with van der Waals surface area (Å²) in [5.74, 6) is 2.10. The van der Waals surface area contributed by atoms with Gasteiger partial charge in [-0.25, -0.2) is 8.42 Å². The van der Waals surface area contributed by atoms with E-state index in [2.05, 4.69) is 17.1 Å². The van der Waals surface area contributed by atoms with E-state index in [0.29, 0.717) is 17.7 Å². The number of hydrogen-bond donors (Lipinski definition) is 1. The summed E-state index contributed by atoms with van der Waals surface area (Å²) in [6, 6.07) is 0.448. The lowest BCUT2D eigenvalue weighted by Gasteiger charge is -2.40. The minimum Gasteiger partial charge on any atom is -0.381 e. The highest BCUT2D eigenvalue weighted by molar-refractivity contribution is 8.00. The molecule has 20 heavy (non-hydrogen) atoms. The van der Waals surface area contributed by atoms with E-state index in [4.69, 9.17) is 4.74 Å². The second-order valence-electron chi connectivity index (χ2n) is 5.64. The lowest BCUT2D eigenvalue weighted by Crippen LogP contribution is -2.53. The smallest absolute Gasteiger partial charge is 0.164 e. The molecule has 0 spiro atoms. The van der Waals surface area contributed by atoms with Gasteiger partial charge in [-0.2, -0.15) is 11.8 Å². The summed E-state index contributed by atoms with van der Waals surface area (Å²) in [5, 5.41) is 3.19. The first kappa shape index (κ1) is 16.5. The van der Waals surface area contributed by atoms with Gasteiger partial charge in [0.2, 0.25) is 0 Å². The Morgan fingerprint density at radius 3 is 2.95 bits per heavy atom. The zero-order valence-electron chi connectivity index (χ0n) is 12.4. The monoisotopic (exact) mass is 322 g/mol. The van der Waals surface area contributed by atoms with Gasteiger partial charge in [0, 0.05) is 49.4 Å². The molecule has 0 aliphatic carbocycles. The van der Waals surface area contributed by atoms with Gasteiger partial charge in [-0.05, 0) is 13.0 Å². The molecule has 0 aromatic rings. The molecular formula is C13H26N2O3S2. The van der Waals surface area contributed by atoms with Crippen molar-refractivity contribution in [3.05, 3.63) is 0 Å². The molecule has 118 valence electrons. The number of ether oxygens (including phenoxy) is 1. The zero-order valence-corrected chi connectivity index (χ0v) is 14.0. The summed E-state index contributed by atoms with van der Waals surface area (Å²) in [5.41, 5.74) is 0. The van der Waals surface area contributed by atoms with Crippen LogP contribution in [-0.4, -0.2) is 75.3 Å². The standard InChI is InChI=1S/C13H26N2O3S2/c1-3-14-12-4-6-18-9-11(12)8-15-5-7-19-10-13(15)20(2,16)17/h11-14H,3-10H2,1-2H3. The van der Waals surface area contributed by atoms with Gasteiger partial charge in [-0.3, -0.25) is 4.90 Å². The molecule has 2 rings (SSSR count). The molecule has 0 radical (unpaired) electrons. The molecule has 2 aliphatic rings. The fraction of sp³-hybridized carbons (Fsp3) is 1.00. The molecule has 0 bridgehead atoms. The van der Waals surface area contributed by atoms with Crippen molar-refractivity contribution in [3.63, 3.8) is 0 Å². The van der Waals surface area contributed by atoms with Crippen LogP contribution in [0.4, 0.5) is 0 Å². The quantitative estimate of drug-likeness (QED) is 0.792. The number of nitrogens with zero attached hydrogens (tertiary/aromatic N) is 1. The number of rotatable bonds is 5. The Morgan fingerprint density at radius 1 is 1.45 bits per heavy atom. The van der Waals surface area contributed by atoms with Crippen molar-refractivity contribution in [3.8, 4) is 0 Å². The molecule has 0 saturated carbocycles. The molecule has 3 atom stereocenters. The summed E-state index contributed by atoms with van der Waals surface area (Å²) < 4.78 is 29.5. The van der Waals surface area contributed by atoms with Crippen LogP contribution in [0, 0.1) is 5.92 Å². The second kappa shape index (κ2) is 7.45. The Bertz CT molecular complexity index is 400. The Hall–Kier alpha value is 0.180. The van der Waals surface area contributed by atoms with E-state index >= 15 is 0 Å². The summed E-state index contributed by atoms with van der Waals surface area (Å²) in [6.07, 6.45) is 2.38. The van der Waals surface area contributed by atoms with E-state index in [0.717, 1.165) is 45.0 Å². The Balaban J connectivity index is 2.01. The molecule has 3 unspecified atom stereocenters. The fourth-order valence-electron chi connectivity index (χ4n) is 3.03. The van der Waals surface area contributed by atoms with Gasteiger partial charge in [0.1, 0.15) is 5.37 Å². The van der Waals surface area contributed by atoms with Crippen LogP contribution in [0.25, 0.3) is 0 Å². The largest absolute Gasteiger partial charge is 0.381 e. The summed E-state index contributed by atoms with van der Waals surface area (Å²) in [7, 11) is -3.01. The van der Waals surface area contributed by atoms with Crippen LogP contribution in [0.3, 0.4) is 0 Å². The minimum absolute atomic E-state index is 0.328. The predicted octanol–water partition coefficient (Wildman–Crippen LogP) is 0.421. The van der Waals surface area contributed by atoms with E-state index in [1.807, 2.05) is 0 Å². The molecule has 2 aliphatic heterocycles. The van der Waals surface area contributed by atoms with Gasteiger partial charge in [-0.15, -0.1) is 0 Å². The van der Waals surface area contributed by atoms with Crippen molar-refractivity contribution in [2.45, 2.75) is 24.8 Å². The average Bonchev–Trinajstić information content (AvgIpc) is 2.41. The zero-order chi connectivity index (χ0) is 14.6. The maximum atomic E-state index is 11.9. The maximum Gasteiger partial charge on any atom is 0.164 e. The maximum absolute atomic E-state index is 11.9. The molecule has 5 nitrogen and oxygen atoms in total. The highest BCUT2D eigenvalue weighted by Gasteiger charge is 2.35. The minimum atomic E-state index is -3.01. The van der Waals surface area contributed by atoms with Crippen LogP contribution in [0.15, 0.2) is 0 Å². The molecule has 0 aromatic heterocycles. The van der Waals surface area contributed by atoms with E-state index in [1.54, 1.807) is 11.8 Å². The van der Waals surface area contributed by atoms with E-state index in [1.165, 1.54) is 6.26 Å². The molecule has 0 aromatic carbocycles. The first-order valence-electron chi connectivity index (χ1n) is 7.34. The van der Waals surface area contributed by atoms with Crippen molar-refractivity contribution in [1.82, 2.24) is 10.2 Å². The second-order valence-corrected chi connectivity index (χ2v) is 8.99. The van der Waals surface area contributed by atoms with Crippen LogP contribution in [0.5, 0.6) is 0 Å². The Labute approximate surface area is 126 Å². The van der Waals surface area contributed by atoms with Gasteiger partial charge in [0.25, 0.3) is 0 Å². The Kier molecular flexibility index (Phi) is 6.16. The molecule has 7 heteroatoms. The van der Waals surface area contributed by atoms with Crippen molar-refractivity contribution < 1.29 is 13.2 Å². The molecule has 2 fully saturated rings. The SMILES string of the molecule is CCNC1CCOCC1CN1CCSCC1S(C)(=O)=O. The fourth-order valence-corrected chi connectivity index (χ4v) is 5.98. The Morgan fingerprint density at radius 2 is 2.25 bits per heavy atom. The predicted molar refractivity (Wildman–Crippen MR) is 83.9 cm³/mol. The summed E-state index contributed by atoms with van der Waals surface area (Å²) in [6.45, 7) is 6.28. The third-order valence-electron chi connectivity index (χ3n) is 4.09. The van der Waals surface area contributed by atoms with Crippen molar-refractivity contribution in [2.75, 3.05) is 50.6 Å². The van der Waals surface area contributed by atoms with E-state index < -0.39 is 9.84 Å². The van der Waals surface area contributed by atoms with Gasteiger partial charge < -0.3 is 10.1 Å². The normalized spacial score (nSPS) is 33.2. The molecule has 2 saturated heterocycles. The lowest BCUT2D eigenvalue weighted by molar-refractivity contribution is 0.0164. The highest BCUT2D eigenvalue weighted by atomic mass is 32.2. The summed E-state index contributed by atoms with van der Waals surface area (Å²) in [4.78, 5) is 2.15. The number of nitrogens with one attached hydrogen (secondary N) is 1. The highest BCUT2D eigenvalue weighted by Crippen LogP contribution is 2.24. The number of sulfone groups is 1. The molecular weight excluding hydrogens is 296 g/mol.